The van der Waals surface area contributed by atoms with Crippen LogP contribution in [0, 0.1) is 5.92 Å². The number of hydrogen-bond acceptors (Lipinski definition) is 3. The summed E-state index contributed by atoms with van der Waals surface area (Å²) in [4.78, 5) is 0. The van der Waals surface area contributed by atoms with Gasteiger partial charge in [-0.15, -0.1) is 0 Å². The smallest absolute Gasteiger partial charge is 0.277 e. The summed E-state index contributed by atoms with van der Waals surface area (Å²) < 4.78 is 28.5. The van der Waals surface area contributed by atoms with Gasteiger partial charge in [-0.25, -0.2) is 0 Å². The van der Waals surface area contributed by atoms with Crippen molar-refractivity contribution in [2.75, 3.05) is 6.61 Å². The number of rotatable bonds is 6. The van der Waals surface area contributed by atoms with Gasteiger partial charge in [-0.2, -0.15) is 17.9 Å². The van der Waals surface area contributed by atoms with E-state index in [1.807, 2.05) is 13.8 Å². The number of hydrogen-bond donors (Lipinski definition) is 3. The number of aliphatic hydroxyl groups is 1. The molecule has 0 rings (SSSR count). The largest absolute Gasteiger partial charge is 0.396 e. The standard InChI is InChI=1S/C10H24N2O3S/c1-8(2)9(6-7-13)11-16(14,15)12-10(3,4)5/h8-9,11-13H,6-7H2,1-5H3. The van der Waals surface area contributed by atoms with Gasteiger partial charge >= 0.3 is 0 Å². The van der Waals surface area contributed by atoms with Crippen LogP contribution in [0.2, 0.25) is 0 Å². The normalized spacial score (nSPS) is 15.4. The Morgan fingerprint density at radius 1 is 1.25 bits per heavy atom. The lowest BCUT2D eigenvalue weighted by molar-refractivity contribution is 0.255. The Morgan fingerprint density at radius 2 is 1.75 bits per heavy atom. The van der Waals surface area contributed by atoms with Gasteiger partial charge in [-0.1, -0.05) is 13.8 Å². The van der Waals surface area contributed by atoms with Crippen molar-refractivity contribution in [3.63, 3.8) is 0 Å². The van der Waals surface area contributed by atoms with Gasteiger partial charge in [0, 0.05) is 18.2 Å². The van der Waals surface area contributed by atoms with Gasteiger partial charge in [0.25, 0.3) is 10.2 Å². The molecule has 0 aromatic rings. The van der Waals surface area contributed by atoms with Crippen LogP contribution < -0.4 is 9.44 Å². The predicted molar refractivity (Wildman–Crippen MR) is 65.3 cm³/mol. The molecule has 1 atom stereocenters. The fraction of sp³-hybridized carbons (Fsp3) is 1.00. The zero-order chi connectivity index (χ0) is 13.0. The minimum atomic E-state index is -3.52. The summed E-state index contributed by atoms with van der Waals surface area (Å²) >= 11 is 0. The first-order valence-corrected chi connectivity index (χ1v) is 6.98. The van der Waals surface area contributed by atoms with Crippen molar-refractivity contribution in [3.8, 4) is 0 Å². The molecule has 0 bridgehead atoms. The highest BCUT2D eigenvalue weighted by Gasteiger charge is 2.24. The third-order valence-corrected chi connectivity index (χ3v) is 3.49. The van der Waals surface area contributed by atoms with E-state index in [-0.39, 0.29) is 18.6 Å². The van der Waals surface area contributed by atoms with Gasteiger partial charge in [0.2, 0.25) is 0 Å². The van der Waals surface area contributed by atoms with Crippen molar-refractivity contribution in [2.24, 2.45) is 5.92 Å². The highest BCUT2D eigenvalue weighted by atomic mass is 32.2. The van der Waals surface area contributed by atoms with Crippen molar-refractivity contribution in [1.29, 1.82) is 0 Å². The van der Waals surface area contributed by atoms with Crippen molar-refractivity contribution in [3.05, 3.63) is 0 Å². The third-order valence-electron chi connectivity index (χ3n) is 1.99. The maximum atomic E-state index is 11.7. The minimum absolute atomic E-state index is 0.0269. The molecule has 0 aromatic heterocycles. The molecule has 0 spiro atoms. The van der Waals surface area contributed by atoms with Crippen LogP contribution in [0.1, 0.15) is 41.0 Å². The Morgan fingerprint density at radius 3 is 2.06 bits per heavy atom. The zero-order valence-electron chi connectivity index (χ0n) is 10.7. The second kappa shape index (κ2) is 5.95. The monoisotopic (exact) mass is 252 g/mol. The summed E-state index contributed by atoms with van der Waals surface area (Å²) in [5.74, 6) is 0.142. The zero-order valence-corrected chi connectivity index (χ0v) is 11.6. The lowest BCUT2D eigenvalue weighted by atomic mass is 10.0. The molecule has 0 aliphatic heterocycles. The molecule has 0 aliphatic rings. The second-order valence-corrected chi connectivity index (χ2v) is 6.78. The molecule has 5 nitrogen and oxygen atoms in total. The maximum Gasteiger partial charge on any atom is 0.277 e. The fourth-order valence-electron chi connectivity index (χ4n) is 1.30. The predicted octanol–water partition coefficient (Wildman–Crippen LogP) is 0.616. The summed E-state index contributed by atoms with van der Waals surface area (Å²) in [5, 5.41) is 8.86. The Labute approximate surface area is 98.8 Å². The van der Waals surface area contributed by atoms with E-state index in [9.17, 15) is 8.42 Å². The second-order valence-electron chi connectivity index (χ2n) is 5.34. The van der Waals surface area contributed by atoms with Crippen LogP contribution in [-0.2, 0) is 10.2 Å². The van der Waals surface area contributed by atoms with E-state index >= 15 is 0 Å². The van der Waals surface area contributed by atoms with Crippen molar-refractivity contribution in [2.45, 2.75) is 52.6 Å². The molecule has 0 saturated heterocycles. The van der Waals surface area contributed by atoms with Crippen molar-refractivity contribution < 1.29 is 13.5 Å². The van der Waals surface area contributed by atoms with E-state index < -0.39 is 15.7 Å². The van der Waals surface area contributed by atoms with E-state index in [1.165, 1.54) is 0 Å². The first-order valence-electron chi connectivity index (χ1n) is 5.49. The molecule has 0 amide bonds. The summed E-state index contributed by atoms with van der Waals surface area (Å²) in [6.45, 7) is 9.15. The lowest BCUT2D eigenvalue weighted by Gasteiger charge is -2.25. The molecule has 0 aromatic carbocycles. The van der Waals surface area contributed by atoms with Crippen LogP contribution >= 0.6 is 0 Å². The Kier molecular flexibility index (Phi) is 5.89. The van der Waals surface area contributed by atoms with Crippen LogP contribution in [-0.4, -0.2) is 31.7 Å². The molecular weight excluding hydrogens is 228 g/mol. The molecule has 98 valence electrons. The SMILES string of the molecule is CC(C)C(CCO)NS(=O)(=O)NC(C)(C)C. The summed E-state index contributed by atoms with van der Waals surface area (Å²) in [6.07, 6.45) is 0.419. The topological polar surface area (TPSA) is 78.4 Å². The van der Waals surface area contributed by atoms with E-state index in [0.29, 0.717) is 6.42 Å². The van der Waals surface area contributed by atoms with Crippen LogP contribution in [0.3, 0.4) is 0 Å². The minimum Gasteiger partial charge on any atom is -0.396 e. The molecule has 0 radical (unpaired) electrons. The van der Waals surface area contributed by atoms with Crippen LogP contribution in [0.25, 0.3) is 0 Å². The molecule has 3 N–H and O–H groups in total. The van der Waals surface area contributed by atoms with Gasteiger partial charge in [0.15, 0.2) is 0 Å². The summed E-state index contributed by atoms with van der Waals surface area (Å²) in [7, 11) is -3.52. The molecule has 0 fully saturated rings. The lowest BCUT2D eigenvalue weighted by Crippen LogP contribution is -2.51. The summed E-state index contributed by atoms with van der Waals surface area (Å²) in [6, 6.07) is -0.246. The average molecular weight is 252 g/mol. The van der Waals surface area contributed by atoms with E-state index in [1.54, 1.807) is 20.8 Å². The quantitative estimate of drug-likeness (QED) is 0.648. The molecule has 0 saturated carbocycles. The van der Waals surface area contributed by atoms with Gasteiger partial charge in [0.1, 0.15) is 0 Å². The number of aliphatic hydroxyl groups excluding tert-OH is 1. The van der Waals surface area contributed by atoms with E-state index in [2.05, 4.69) is 9.44 Å². The molecular formula is C10H24N2O3S. The first-order chi connectivity index (χ1) is 7.07. The highest BCUT2D eigenvalue weighted by Crippen LogP contribution is 2.08. The molecule has 6 heteroatoms. The molecule has 0 aliphatic carbocycles. The van der Waals surface area contributed by atoms with E-state index in [0.717, 1.165) is 0 Å². The van der Waals surface area contributed by atoms with Crippen LogP contribution in [0.4, 0.5) is 0 Å². The molecule has 1 unspecified atom stereocenters. The van der Waals surface area contributed by atoms with Gasteiger partial charge in [-0.05, 0) is 33.1 Å². The van der Waals surface area contributed by atoms with Crippen LogP contribution in [0.5, 0.6) is 0 Å². The van der Waals surface area contributed by atoms with Crippen molar-refractivity contribution in [1.82, 2.24) is 9.44 Å². The Bertz CT molecular complexity index is 294. The third kappa shape index (κ3) is 7.16. The molecule has 16 heavy (non-hydrogen) atoms. The van der Waals surface area contributed by atoms with Gasteiger partial charge in [0.05, 0.1) is 0 Å². The van der Waals surface area contributed by atoms with Gasteiger partial charge < -0.3 is 5.11 Å². The maximum absolute atomic E-state index is 11.7. The highest BCUT2D eigenvalue weighted by molar-refractivity contribution is 7.87. The first kappa shape index (κ1) is 15.8. The van der Waals surface area contributed by atoms with Gasteiger partial charge in [-0.3, -0.25) is 0 Å². The average Bonchev–Trinajstić information content (AvgIpc) is 1.97. The van der Waals surface area contributed by atoms with E-state index in [4.69, 9.17) is 5.11 Å². The Hall–Kier alpha value is -0.170. The number of nitrogens with one attached hydrogen (secondary N) is 2. The van der Waals surface area contributed by atoms with Crippen molar-refractivity contribution >= 4 is 10.2 Å². The Balaban J connectivity index is 4.55. The molecule has 0 heterocycles. The fourth-order valence-corrected chi connectivity index (χ4v) is 2.95. The summed E-state index contributed by atoms with van der Waals surface area (Å²) in [5.41, 5.74) is -0.507. The van der Waals surface area contributed by atoms with Crippen LogP contribution in [0.15, 0.2) is 0 Å².